The van der Waals surface area contributed by atoms with Crippen LogP contribution in [0.25, 0.3) is 0 Å². The second kappa shape index (κ2) is 12.1. The number of nitrogens with zero attached hydrogens (tertiary/aromatic N) is 1. The number of anilines is 1. The third kappa shape index (κ3) is 8.55. The Labute approximate surface area is 198 Å². The molecule has 2 aromatic rings. The van der Waals surface area contributed by atoms with Crippen molar-refractivity contribution in [1.82, 2.24) is 5.32 Å². The van der Waals surface area contributed by atoms with Crippen LogP contribution in [0.1, 0.15) is 49.9 Å². The third-order valence-corrected chi connectivity index (χ3v) is 5.10. The first kappa shape index (κ1) is 27.5. The van der Waals surface area contributed by atoms with E-state index in [9.17, 15) is 31.1 Å². The molecular formula is C23H24ClF6N3O. The number of hydrogen-bond donors (Lipinski definition) is 2. The maximum atomic E-state index is 13.7. The summed E-state index contributed by atoms with van der Waals surface area (Å²) >= 11 is 5.83. The summed E-state index contributed by atoms with van der Waals surface area (Å²) in [6.07, 6.45) is -3.84. The van der Waals surface area contributed by atoms with Gasteiger partial charge in [0.1, 0.15) is 5.82 Å². The molecule has 0 saturated carbocycles. The van der Waals surface area contributed by atoms with E-state index in [4.69, 9.17) is 11.6 Å². The predicted octanol–water partition coefficient (Wildman–Crippen LogP) is 7.10. The average Bonchev–Trinajstić information content (AvgIpc) is 2.71. The van der Waals surface area contributed by atoms with Crippen molar-refractivity contribution in [3.05, 3.63) is 64.4 Å². The summed E-state index contributed by atoms with van der Waals surface area (Å²) in [5.41, 5.74) is -0.186. The fourth-order valence-corrected chi connectivity index (χ4v) is 3.45. The zero-order valence-corrected chi connectivity index (χ0v) is 19.2. The number of rotatable bonds is 8. The molecule has 34 heavy (non-hydrogen) atoms. The van der Waals surface area contributed by atoms with Gasteiger partial charge in [-0.05, 0) is 56.2 Å². The number of carbonyl (C=O) groups is 1. The van der Waals surface area contributed by atoms with Gasteiger partial charge in [0.15, 0.2) is 11.6 Å². The van der Waals surface area contributed by atoms with E-state index in [-0.39, 0.29) is 35.1 Å². The maximum absolute atomic E-state index is 13.7. The lowest BCUT2D eigenvalue weighted by Crippen LogP contribution is -2.37. The van der Waals surface area contributed by atoms with Crippen molar-refractivity contribution in [2.45, 2.75) is 51.7 Å². The molecule has 0 aromatic heterocycles. The van der Waals surface area contributed by atoms with Gasteiger partial charge in [0, 0.05) is 16.3 Å². The molecule has 2 rings (SSSR count). The highest BCUT2D eigenvalue weighted by atomic mass is 35.5. The number of amides is 1. The largest absolute Gasteiger partial charge is 0.391 e. The molecule has 0 aliphatic heterocycles. The van der Waals surface area contributed by atoms with E-state index in [1.165, 1.54) is 13.0 Å². The Morgan fingerprint density at radius 1 is 1.09 bits per heavy atom. The van der Waals surface area contributed by atoms with Gasteiger partial charge >= 0.3 is 6.18 Å². The van der Waals surface area contributed by atoms with Gasteiger partial charge < -0.3 is 5.32 Å². The molecule has 0 aliphatic rings. The van der Waals surface area contributed by atoms with Crippen molar-refractivity contribution in [2.24, 2.45) is 10.9 Å². The second-order valence-electron chi connectivity index (χ2n) is 7.81. The Morgan fingerprint density at radius 3 is 2.38 bits per heavy atom. The molecule has 0 radical (unpaired) electrons. The van der Waals surface area contributed by atoms with Gasteiger partial charge in [0.2, 0.25) is 5.96 Å². The van der Waals surface area contributed by atoms with Crippen LogP contribution in [-0.4, -0.2) is 24.1 Å². The molecule has 0 aliphatic carbocycles. The molecule has 186 valence electrons. The van der Waals surface area contributed by atoms with Crippen LogP contribution in [0.5, 0.6) is 0 Å². The summed E-state index contributed by atoms with van der Waals surface area (Å²) in [7, 11) is 0. The normalized spacial score (nSPS) is 14.0. The van der Waals surface area contributed by atoms with Crippen LogP contribution < -0.4 is 10.6 Å². The Kier molecular flexibility index (Phi) is 9.78. The molecule has 0 bridgehead atoms. The molecule has 4 nitrogen and oxygen atoms in total. The molecule has 2 unspecified atom stereocenters. The van der Waals surface area contributed by atoms with Gasteiger partial charge in [-0.2, -0.15) is 13.2 Å². The number of hydrogen-bond acceptors (Lipinski definition) is 2. The zero-order chi connectivity index (χ0) is 25.5. The summed E-state index contributed by atoms with van der Waals surface area (Å²) in [5, 5.41) is 4.96. The molecule has 0 saturated heterocycles. The summed E-state index contributed by atoms with van der Waals surface area (Å²) in [6.45, 7) is 3.23. The quantitative estimate of drug-likeness (QED) is 0.227. The minimum Gasteiger partial charge on any atom is -0.326 e. The molecule has 2 atom stereocenters. The van der Waals surface area contributed by atoms with E-state index in [2.05, 4.69) is 15.6 Å². The second-order valence-corrected chi connectivity index (χ2v) is 8.25. The van der Waals surface area contributed by atoms with Gasteiger partial charge in [0.05, 0.1) is 12.0 Å². The number of guanidine groups is 1. The fourth-order valence-electron chi connectivity index (χ4n) is 3.23. The average molecular weight is 508 g/mol. The monoisotopic (exact) mass is 507 g/mol. The van der Waals surface area contributed by atoms with Crippen LogP contribution in [0, 0.1) is 23.4 Å². The van der Waals surface area contributed by atoms with Crippen LogP contribution in [0.15, 0.2) is 41.4 Å². The van der Waals surface area contributed by atoms with Crippen LogP contribution >= 0.6 is 11.6 Å². The van der Waals surface area contributed by atoms with Crippen molar-refractivity contribution >= 4 is 29.2 Å². The highest BCUT2D eigenvalue weighted by Crippen LogP contribution is 2.34. The van der Waals surface area contributed by atoms with E-state index in [0.29, 0.717) is 18.9 Å². The fraction of sp³-hybridized carbons (Fsp3) is 0.391. The van der Waals surface area contributed by atoms with Crippen LogP contribution in [0.3, 0.4) is 0 Å². The standard InChI is InChI=1S/C23H24ClF6N3O/c1-3-4-5-15(23(28,29)30)8-13(2)31-22(32-18-11-16(24)10-17(25)12-18)33-21(34)14-6-7-19(26)20(27)9-14/h6-7,9-13,15H,3-5,8H2,1-2H3,(H2,31,32,33,34). The number of nitrogens with one attached hydrogen (secondary N) is 2. The Morgan fingerprint density at radius 2 is 1.79 bits per heavy atom. The lowest BCUT2D eigenvalue weighted by Gasteiger charge is -2.22. The summed E-state index contributed by atoms with van der Waals surface area (Å²) < 4.78 is 80.7. The molecule has 2 aromatic carbocycles. The Hall–Kier alpha value is -2.75. The smallest absolute Gasteiger partial charge is 0.326 e. The first-order valence-electron chi connectivity index (χ1n) is 10.5. The SMILES string of the molecule is CCCCC(CC(C)N=C(NC(=O)c1ccc(F)c(F)c1)Nc1cc(F)cc(Cl)c1)C(F)(F)F. The van der Waals surface area contributed by atoms with Crippen LogP contribution in [0.2, 0.25) is 5.02 Å². The van der Waals surface area contributed by atoms with E-state index in [1.807, 2.05) is 0 Å². The van der Waals surface area contributed by atoms with Crippen molar-refractivity contribution < 1.29 is 31.1 Å². The highest BCUT2D eigenvalue weighted by molar-refractivity contribution is 6.31. The molecule has 0 heterocycles. The zero-order valence-electron chi connectivity index (χ0n) is 18.4. The minimum absolute atomic E-state index is 0.0264. The van der Waals surface area contributed by atoms with E-state index in [0.717, 1.165) is 24.3 Å². The Balaban J connectivity index is 2.31. The summed E-state index contributed by atoms with van der Waals surface area (Å²) in [5.74, 6) is -5.92. The van der Waals surface area contributed by atoms with Crippen molar-refractivity contribution in [2.75, 3.05) is 5.32 Å². The van der Waals surface area contributed by atoms with E-state index >= 15 is 0 Å². The van der Waals surface area contributed by atoms with Crippen molar-refractivity contribution in [3.63, 3.8) is 0 Å². The van der Waals surface area contributed by atoms with Gasteiger partial charge in [-0.15, -0.1) is 0 Å². The molecule has 2 N–H and O–H groups in total. The lowest BCUT2D eigenvalue weighted by atomic mass is 9.94. The van der Waals surface area contributed by atoms with E-state index in [1.54, 1.807) is 6.92 Å². The molecule has 0 spiro atoms. The minimum atomic E-state index is -4.42. The lowest BCUT2D eigenvalue weighted by molar-refractivity contribution is -0.179. The molecular weight excluding hydrogens is 484 g/mol. The molecule has 1 amide bonds. The first-order chi connectivity index (χ1) is 15.9. The number of benzene rings is 2. The van der Waals surface area contributed by atoms with E-state index < -0.39 is 41.5 Å². The molecule has 0 fully saturated rings. The summed E-state index contributed by atoms with van der Waals surface area (Å²) in [6, 6.07) is 4.93. The number of alkyl halides is 3. The van der Waals surface area contributed by atoms with Crippen molar-refractivity contribution in [3.8, 4) is 0 Å². The predicted molar refractivity (Wildman–Crippen MR) is 119 cm³/mol. The number of carbonyl (C=O) groups excluding carboxylic acids is 1. The summed E-state index contributed by atoms with van der Waals surface area (Å²) in [4.78, 5) is 16.7. The maximum Gasteiger partial charge on any atom is 0.391 e. The third-order valence-electron chi connectivity index (χ3n) is 4.88. The molecule has 11 heteroatoms. The van der Waals surface area contributed by atoms with Gasteiger partial charge in [0.25, 0.3) is 5.91 Å². The highest BCUT2D eigenvalue weighted by Gasteiger charge is 2.39. The van der Waals surface area contributed by atoms with Crippen molar-refractivity contribution in [1.29, 1.82) is 0 Å². The topological polar surface area (TPSA) is 53.5 Å². The van der Waals surface area contributed by atoms with Gasteiger partial charge in [-0.3, -0.25) is 10.1 Å². The van der Waals surface area contributed by atoms with Gasteiger partial charge in [-0.1, -0.05) is 31.4 Å². The number of halogens is 7. The van der Waals surface area contributed by atoms with Crippen LogP contribution in [-0.2, 0) is 0 Å². The van der Waals surface area contributed by atoms with Crippen LogP contribution in [0.4, 0.5) is 32.0 Å². The Bertz CT molecular complexity index is 1010. The number of aliphatic imine (C=N–C) groups is 1. The first-order valence-corrected chi connectivity index (χ1v) is 10.9. The number of unbranched alkanes of at least 4 members (excludes halogenated alkanes) is 1. The van der Waals surface area contributed by atoms with Gasteiger partial charge in [-0.25, -0.2) is 18.2 Å².